The fourth-order valence-corrected chi connectivity index (χ4v) is 5.22. The van der Waals surface area contributed by atoms with Crippen LogP contribution in [0.15, 0.2) is 48.8 Å². The van der Waals surface area contributed by atoms with Gasteiger partial charge in [0.05, 0.1) is 6.61 Å². The Morgan fingerprint density at radius 3 is 2.83 bits per heavy atom. The summed E-state index contributed by atoms with van der Waals surface area (Å²) in [5.41, 5.74) is 4.54. The number of benzene rings is 1. The lowest BCUT2D eigenvalue weighted by atomic mass is 9.79. The molecule has 0 spiro atoms. The SMILES string of the molecule is CCN1C[C@@H]2COCC[C@H]2c2cc(-c3cc(NC(=O)c4ccnc(C(C)(F)F)c4)ccc3C)cnc21. The highest BCUT2D eigenvalue weighted by molar-refractivity contribution is 6.04. The molecule has 1 fully saturated rings. The van der Waals surface area contributed by atoms with Crippen LogP contribution in [0.4, 0.5) is 20.3 Å². The summed E-state index contributed by atoms with van der Waals surface area (Å²) in [4.78, 5) is 23.7. The van der Waals surface area contributed by atoms with Crippen LogP contribution in [0.2, 0.25) is 0 Å². The van der Waals surface area contributed by atoms with Crippen LogP contribution < -0.4 is 10.2 Å². The Morgan fingerprint density at radius 1 is 1.22 bits per heavy atom. The van der Waals surface area contributed by atoms with Crippen LogP contribution in [-0.4, -0.2) is 42.2 Å². The van der Waals surface area contributed by atoms with Gasteiger partial charge in [0.15, 0.2) is 0 Å². The van der Waals surface area contributed by atoms with Gasteiger partial charge in [-0.1, -0.05) is 6.07 Å². The molecule has 5 rings (SSSR count). The van der Waals surface area contributed by atoms with Gasteiger partial charge in [-0.05, 0) is 73.2 Å². The van der Waals surface area contributed by atoms with Gasteiger partial charge < -0.3 is 15.0 Å². The number of aryl methyl sites for hydroxylation is 1. The third kappa shape index (κ3) is 4.69. The van der Waals surface area contributed by atoms with E-state index < -0.39 is 17.5 Å². The lowest BCUT2D eigenvalue weighted by Crippen LogP contribution is -2.42. The molecule has 0 aliphatic carbocycles. The lowest BCUT2D eigenvalue weighted by molar-refractivity contribution is 0.0127. The van der Waals surface area contributed by atoms with Crippen LogP contribution in [0.1, 0.15) is 53.4 Å². The number of ether oxygens (including phenoxy) is 1. The molecule has 3 aromatic rings. The highest BCUT2D eigenvalue weighted by atomic mass is 19.3. The number of carbonyl (C=O) groups is 1. The molecule has 2 atom stereocenters. The molecule has 1 aromatic carbocycles. The van der Waals surface area contributed by atoms with Gasteiger partial charge in [-0.15, -0.1) is 0 Å². The van der Waals surface area contributed by atoms with Crippen molar-refractivity contribution in [2.75, 3.05) is 36.5 Å². The van der Waals surface area contributed by atoms with Crippen molar-refractivity contribution < 1.29 is 18.3 Å². The Labute approximate surface area is 209 Å². The molecule has 188 valence electrons. The number of nitrogens with zero attached hydrogens (tertiary/aromatic N) is 3. The molecule has 4 heterocycles. The summed E-state index contributed by atoms with van der Waals surface area (Å²) in [5, 5.41) is 2.84. The Hall–Kier alpha value is -3.39. The molecule has 1 saturated heterocycles. The highest BCUT2D eigenvalue weighted by Gasteiger charge is 2.36. The number of alkyl halides is 2. The number of nitrogens with one attached hydrogen (secondary N) is 1. The van der Waals surface area contributed by atoms with E-state index in [2.05, 4.69) is 28.2 Å². The van der Waals surface area contributed by atoms with Crippen LogP contribution in [0.25, 0.3) is 11.1 Å². The Kier molecular flexibility index (Phi) is 6.47. The number of carbonyl (C=O) groups excluding carboxylic acids is 1. The molecule has 2 aliphatic heterocycles. The summed E-state index contributed by atoms with van der Waals surface area (Å²) < 4.78 is 33.1. The van der Waals surface area contributed by atoms with E-state index in [0.717, 1.165) is 68.2 Å². The summed E-state index contributed by atoms with van der Waals surface area (Å²) in [6, 6.07) is 10.5. The first kappa shape index (κ1) is 24.3. The smallest absolute Gasteiger partial charge is 0.286 e. The van der Waals surface area contributed by atoms with Crippen LogP contribution in [0, 0.1) is 12.8 Å². The Bertz CT molecular complexity index is 1290. The number of hydrogen-bond acceptors (Lipinski definition) is 5. The van der Waals surface area contributed by atoms with E-state index in [4.69, 9.17) is 9.72 Å². The number of anilines is 2. The van der Waals surface area contributed by atoms with E-state index in [-0.39, 0.29) is 5.56 Å². The molecular weight excluding hydrogens is 462 g/mol. The number of hydrogen-bond donors (Lipinski definition) is 1. The van der Waals surface area contributed by atoms with Crippen molar-refractivity contribution in [2.24, 2.45) is 5.92 Å². The van der Waals surface area contributed by atoms with Gasteiger partial charge in [0.2, 0.25) is 0 Å². The van der Waals surface area contributed by atoms with Gasteiger partial charge in [-0.25, -0.2) is 4.98 Å². The summed E-state index contributed by atoms with van der Waals surface area (Å²) >= 11 is 0. The first-order chi connectivity index (χ1) is 17.2. The van der Waals surface area contributed by atoms with Gasteiger partial charge in [0, 0.05) is 61.7 Å². The van der Waals surface area contributed by atoms with Gasteiger partial charge in [0.25, 0.3) is 11.8 Å². The van der Waals surface area contributed by atoms with E-state index in [1.54, 1.807) is 0 Å². The highest BCUT2D eigenvalue weighted by Crippen LogP contribution is 2.43. The van der Waals surface area contributed by atoms with E-state index >= 15 is 0 Å². The van der Waals surface area contributed by atoms with Crippen LogP contribution in [0.5, 0.6) is 0 Å². The minimum absolute atomic E-state index is 0.129. The van der Waals surface area contributed by atoms with Crippen molar-refractivity contribution in [3.05, 3.63) is 71.2 Å². The molecular formula is C28H30F2N4O2. The molecule has 8 heteroatoms. The predicted octanol–water partition coefficient (Wildman–Crippen LogP) is 5.78. The normalized spacial score (nSPS) is 19.4. The second-order valence-corrected chi connectivity index (χ2v) is 9.71. The van der Waals surface area contributed by atoms with Crippen LogP contribution >= 0.6 is 0 Å². The minimum Gasteiger partial charge on any atom is -0.381 e. The van der Waals surface area contributed by atoms with E-state index in [1.807, 2.05) is 31.3 Å². The van der Waals surface area contributed by atoms with Crippen molar-refractivity contribution in [3.63, 3.8) is 0 Å². The maximum absolute atomic E-state index is 13.7. The van der Waals surface area contributed by atoms with Crippen molar-refractivity contribution in [1.29, 1.82) is 0 Å². The molecule has 2 aromatic heterocycles. The molecule has 6 nitrogen and oxygen atoms in total. The van der Waals surface area contributed by atoms with Crippen LogP contribution in [0.3, 0.4) is 0 Å². The second-order valence-electron chi connectivity index (χ2n) is 9.71. The minimum atomic E-state index is -3.12. The molecule has 0 saturated carbocycles. The third-order valence-corrected chi connectivity index (χ3v) is 7.18. The fourth-order valence-electron chi connectivity index (χ4n) is 5.22. The number of fused-ring (bicyclic) bond motifs is 3. The number of amides is 1. The molecule has 2 aliphatic rings. The van der Waals surface area contributed by atoms with E-state index in [9.17, 15) is 13.6 Å². The summed E-state index contributed by atoms with van der Waals surface area (Å²) in [5.74, 6) is -1.66. The van der Waals surface area contributed by atoms with Crippen molar-refractivity contribution >= 4 is 17.4 Å². The first-order valence-corrected chi connectivity index (χ1v) is 12.3. The van der Waals surface area contributed by atoms with Crippen molar-refractivity contribution in [1.82, 2.24) is 9.97 Å². The maximum atomic E-state index is 13.7. The quantitative estimate of drug-likeness (QED) is 0.489. The van der Waals surface area contributed by atoms with Gasteiger partial charge in [-0.3, -0.25) is 9.78 Å². The molecule has 0 bridgehead atoms. The van der Waals surface area contributed by atoms with Crippen LogP contribution in [-0.2, 0) is 10.7 Å². The topological polar surface area (TPSA) is 67.3 Å². The Balaban J connectivity index is 1.45. The summed E-state index contributed by atoms with van der Waals surface area (Å²) in [7, 11) is 0. The maximum Gasteiger partial charge on any atom is 0.286 e. The molecule has 36 heavy (non-hydrogen) atoms. The monoisotopic (exact) mass is 492 g/mol. The first-order valence-electron chi connectivity index (χ1n) is 12.3. The summed E-state index contributed by atoms with van der Waals surface area (Å²) in [6.07, 6.45) is 4.11. The number of aromatic nitrogens is 2. The molecule has 0 unspecified atom stereocenters. The predicted molar refractivity (Wildman–Crippen MR) is 136 cm³/mol. The van der Waals surface area contributed by atoms with Gasteiger partial charge >= 0.3 is 0 Å². The molecule has 0 radical (unpaired) electrons. The Morgan fingerprint density at radius 2 is 2.06 bits per heavy atom. The average Bonchev–Trinajstić information content (AvgIpc) is 2.88. The molecule has 1 N–H and O–H groups in total. The van der Waals surface area contributed by atoms with E-state index in [1.165, 1.54) is 17.8 Å². The molecule has 1 amide bonds. The number of rotatable bonds is 5. The standard InChI is InChI=1S/C28H30F2N4O2/c1-4-34-15-20-16-36-10-8-22(20)24-11-19(14-32-26(24)34)23-13-21(6-5-17(23)2)33-27(35)18-7-9-31-25(12-18)28(3,29)30/h5-7,9,11-14,20,22H,4,8,10,15-16H2,1-3H3,(H,33,35)/t20-,22-/m1/s1. The number of pyridine rings is 2. The van der Waals surface area contributed by atoms with Crippen molar-refractivity contribution in [3.8, 4) is 11.1 Å². The van der Waals surface area contributed by atoms with Crippen molar-refractivity contribution in [2.45, 2.75) is 39.0 Å². The zero-order valence-electron chi connectivity index (χ0n) is 20.7. The average molecular weight is 493 g/mol. The largest absolute Gasteiger partial charge is 0.381 e. The number of halogens is 2. The zero-order chi connectivity index (χ0) is 25.4. The van der Waals surface area contributed by atoms with Gasteiger partial charge in [0.1, 0.15) is 11.5 Å². The third-order valence-electron chi connectivity index (χ3n) is 7.18. The van der Waals surface area contributed by atoms with Gasteiger partial charge in [-0.2, -0.15) is 8.78 Å². The fraction of sp³-hybridized carbons (Fsp3) is 0.393. The second kappa shape index (κ2) is 9.58. The zero-order valence-corrected chi connectivity index (χ0v) is 20.7. The van der Waals surface area contributed by atoms with E-state index in [0.29, 0.717) is 17.5 Å². The summed E-state index contributed by atoms with van der Waals surface area (Å²) in [6.45, 7) is 8.31. The lowest BCUT2D eigenvalue weighted by Gasteiger charge is -2.42.